The molecular weight excluding hydrogens is 402 g/mol. The van der Waals surface area contributed by atoms with Crippen LogP contribution >= 0.6 is 0 Å². The zero-order chi connectivity index (χ0) is 22.6. The lowest BCUT2D eigenvalue weighted by Crippen LogP contribution is -2.57. The van der Waals surface area contributed by atoms with Crippen molar-refractivity contribution >= 4 is 18.0 Å². The molecule has 0 atom stereocenters. The summed E-state index contributed by atoms with van der Waals surface area (Å²) in [6.45, 7) is 7.54. The lowest BCUT2D eigenvalue weighted by atomic mass is 9.85. The molecule has 0 bridgehead atoms. The van der Waals surface area contributed by atoms with Crippen molar-refractivity contribution in [2.45, 2.75) is 38.6 Å². The van der Waals surface area contributed by atoms with Crippen molar-refractivity contribution in [3.8, 4) is 0 Å². The molecule has 2 fully saturated rings. The Kier molecular flexibility index (Phi) is 6.80. The number of furan rings is 1. The van der Waals surface area contributed by atoms with Crippen LogP contribution in [0, 0.1) is 5.92 Å². The minimum atomic E-state index is -0.706. The summed E-state index contributed by atoms with van der Waals surface area (Å²) in [7, 11) is 0. The fourth-order valence-corrected chi connectivity index (χ4v) is 4.80. The van der Waals surface area contributed by atoms with Gasteiger partial charge in [0, 0.05) is 32.7 Å². The summed E-state index contributed by atoms with van der Waals surface area (Å²) in [4.78, 5) is 32.6. The number of nitrogens with zero attached hydrogens (tertiary/aromatic N) is 3. The molecule has 6 heteroatoms. The number of carbonyl (C=O) groups excluding carboxylic acids is 2. The Balaban J connectivity index is 1.45. The fourth-order valence-electron chi connectivity index (χ4n) is 4.80. The van der Waals surface area contributed by atoms with Gasteiger partial charge in [-0.3, -0.25) is 14.6 Å². The monoisotopic (exact) mass is 435 g/mol. The SMILES string of the molecule is CC(C)CN1C(=O)N(CCc2ccccc2)C2(CCN(C/C=C/c3ccco3)CC2)C1=O. The summed E-state index contributed by atoms with van der Waals surface area (Å²) < 4.78 is 5.35. The second-order valence-corrected chi connectivity index (χ2v) is 9.23. The average Bonchev–Trinajstić information content (AvgIpc) is 3.37. The van der Waals surface area contributed by atoms with Crippen LogP contribution in [0.3, 0.4) is 0 Å². The van der Waals surface area contributed by atoms with Crippen molar-refractivity contribution in [3.63, 3.8) is 0 Å². The maximum Gasteiger partial charge on any atom is 0.327 e. The highest BCUT2D eigenvalue weighted by Gasteiger charge is 2.57. The molecule has 0 aliphatic carbocycles. The Morgan fingerprint density at radius 2 is 1.81 bits per heavy atom. The molecule has 1 aromatic heterocycles. The smallest absolute Gasteiger partial charge is 0.327 e. The molecule has 4 rings (SSSR count). The van der Waals surface area contributed by atoms with Gasteiger partial charge in [-0.2, -0.15) is 0 Å². The van der Waals surface area contributed by atoms with Gasteiger partial charge in [0.05, 0.1) is 6.26 Å². The average molecular weight is 436 g/mol. The molecule has 6 nitrogen and oxygen atoms in total. The molecule has 32 heavy (non-hydrogen) atoms. The zero-order valence-corrected chi connectivity index (χ0v) is 19.1. The number of rotatable bonds is 8. The van der Waals surface area contributed by atoms with Gasteiger partial charge in [-0.1, -0.05) is 50.3 Å². The van der Waals surface area contributed by atoms with E-state index in [1.54, 1.807) is 6.26 Å². The van der Waals surface area contributed by atoms with E-state index in [0.29, 0.717) is 25.9 Å². The minimum absolute atomic E-state index is 0.00459. The van der Waals surface area contributed by atoms with Crippen molar-refractivity contribution in [3.05, 3.63) is 66.1 Å². The standard InChI is InChI=1S/C26H33N3O3/c1-21(2)20-28-24(30)26(29(25(28)31)16-12-22-8-4-3-5-9-22)13-17-27(18-14-26)15-6-10-23-11-7-19-32-23/h3-11,19,21H,12-18,20H2,1-2H3/b10-6+. The van der Waals surface area contributed by atoms with Gasteiger partial charge < -0.3 is 9.32 Å². The van der Waals surface area contributed by atoms with Gasteiger partial charge in [-0.25, -0.2) is 4.79 Å². The van der Waals surface area contributed by atoms with Crippen molar-refractivity contribution in [1.82, 2.24) is 14.7 Å². The van der Waals surface area contributed by atoms with Crippen LogP contribution in [0.2, 0.25) is 0 Å². The highest BCUT2D eigenvalue weighted by atomic mass is 16.3. The first kappa shape index (κ1) is 22.3. The molecule has 3 amide bonds. The van der Waals surface area contributed by atoms with Gasteiger partial charge in [0.2, 0.25) is 0 Å². The molecule has 2 aliphatic rings. The van der Waals surface area contributed by atoms with Crippen LogP contribution in [0.5, 0.6) is 0 Å². The number of benzene rings is 1. The number of carbonyl (C=O) groups is 2. The topological polar surface area (TPSA) is 57.0 Å². The molecule has 3 heterocycles. The molecular formula is C26H33N3O3. The maximum absolute atomic E-state index is 13.5. The van der Waals surface area contributed by atoms with Crippen molar-refractivity contribution in [2.75, 3.05) is 32.7 Å². The van der Waals surface area contributed by atoms with Gasteiger partial charge in [-0.05, 0) is 49.0 Å². The summed E-state index contributed by atoms with van der Waals surface area (Å²) in [5, 5.41) is 0. The highest BCUT2D eigenvalue weighted by molar-refractivity contribution is 6.07. The molecule has 2 saturated heterocycles. The Bertz CT molecular complexity index is 928. The molecule has 0 unspecified atom stereocenters. The van der Waals surface area contributed by atoms with Crippen molar-refractivity contribution < 1.29 is 14.0 Å². The zero-order valence-electron chi connectivity index (χ0n) is 19.1. The Labute approximate surface area is 190 Å². The highest BCUT2D eigenvalue weighted by Crippen LogP contribution is 2.37. The van der Waals surface area contributed by atoms with E-state index in [2.05, 4.69) is 23.1 Å². The number of hydrogen-bond acceptors (Lipinski definition) is 4. The molecule has 2 aliphatic heterocycles. The number of piperidine rings is 1. The Hall–Kier alpha value is -2.86. The number of hydrogen-bond donors (Lipinski definition) is 0. The second-order valence-electron chi connectivity index (χ2n) is 9.23. The normalized spacial score (nSPS) is 19.2. The second kappa shape index (κ2) is 9.74. The minimum Gasteiger partial charge on any atom is -0.465 e. The van der Waals surface area contributed by atoms with Gasteiger partial charge in [0.1, 0.15) is 11.3 Å². The first-order chi connectivity index (χ1) is 15.5. The van der Waals surface area contributed by atoms with Crippen LogP contribution in [0.4, 0.5) is 4.79 Å². The van der Waals surface area contributed by atoms with Gasteiger partial charge in [-0.15, -0.1) is 0 Å². The van der Waals surface area contributed by atoms with E-state index >= 15 is 0 Å². The summed E-state index contributed by atoms with van der Waals surface area (Å²) in [5.41, 5.74) is 0.479. The number of likely N-dealkylation sites (tertiary alicyclic amines) is 1. The maximum atomic E-state index is 13.5. The van der Waals surface area contributed by atoms with E-state index in [0.717, 1.165) is 31.8 Å². The quantitative estimate of drug-likeness (QED) is 0.581. The molecule has 0 N–H and O–H groups in total. The van der Waals surface area contributed by atoms with E-state index in [1.807, 2.05) is 55.2 Å². The number of amides is 3. The first-order valence-electron chi connectivity index (χ1n) is 11.6. The summed E-state index contributed by atoms with van der Waals surface area (Å²) >= 11 is 0. The molecule has 2 aromatic rings. The van der Waals surface area contributed by atoms with Crippen molar-refractivity contribution in [2.24, 2.45) is 5.92 Å². The molecule has 0 saturated carbocycles. The Morgan fingerprint density at radius 3 is 2.47 bits per heavy atom. The molecule has 0 radical (unpaired) electrons. The van der Waals surface area contributed by atoms with E-state index in [4.69, 9.17) is 4.42 Å². The Morgan fingerprint density at radius 1 is 1.06 bits per heavy atom. The summed E-state index contributed by atoms with van der Waals surface area (Å²) in [6.07, 6.45) is 7.85. The number of imide groups is 1. The van der Waals surface area contributed by atoms with Crippen LogP contribution in [0.25, 0.3) is 6.08 Å². The fraction of sp³-hybridized carbons (Fsp3) is 0.462. The lowest BCUT2D eigenvalue weighted by molar-refractivity contribution is -0.135. The van der Waals surface area contributed by atoms with Gasteiger partial charge in [0.25, 0.3) is 5.91 Å². The predicted molar refractivity (Wildman–Crippen MR) is 125 cm³/mol. The third-order valence-corrected chi connectivity index (χ3v) is 6.51. The third kappa shape index (κ3) is 4.65. The van der Waals surface area contributed by atoms with Gasteiger partial charge >= 0.3 is 6.03 Å². The van der Waals surface area contributed by atoms with Crippen LogP contribution in [0.1, 0.15) is 38.0 Å². The van der Waals surface area contributed by atoms with E-state index in [1.165, 1.54) is 10.5 Å². The lowest BCUT2D eigenvalue weighted by Gasteiger charge is -2.42. The summed E-state index contributed by atoms with van der Waals surface area (Å²) in [5.74, 6) is 1.09. The molecule has 1 aromatic carbocycles. The molecule has 170 valence electrons. The number of urea groups is 1. The van der Waals surface area contributed by atoms with Gasteiger partial charge in [0.15, 0.2) is 0 Å². The largest absolute Gasteiger partial charge is 0.465 e. The van der Waals surface area contributed by atoms with Crippen LogP contribution in [0.15, 0.2) is 59.2 Å². The predicted octanol–water partition coefficient (Wildman–Crippen LogP) is 4.29. The summed E-state index contributed by atoms with van der Waals surface area (Å²) in [6, 6.07) is 13.9. The molecule has 1 spiro atoms. The van der Waals surface area contributed by atoms with E-state index < -0.39 is 5.54 Å². The van der Waals surface area contributed by atoms with Crippen molar-refractivity contribution in [1.29, 1.82) is 0 Å². The van der Waals surface area contributed by atoms with Crippen LogP contribution in [-0.2, 0) is 11.2 Å². The van der Waals surface area contributed by atoms with E-state index in [9.17, 15) is 9.59 Å². The third-order valence-electron chi connectivity index (χ3n) is 6.51. The van der Waals surface area contributed by atoms with Crippen LogP contribution < -0.4 is 0 Å². The first-order valence-corrected chi connectivity index (χ1v) is 11.6. The van der Waals surface area contributed by atoms with Crippen LogP contribution in [-0.4, -0.2) is 64.9 Å². The van der Waals surface area contributed by atoms with E-state index in [-0.39, 0.29) is 17.9 Å².